The van der Waals surface area contributed by atoms with Crippen molar-refractivity contribution in [2.24, 2.45) is 0 Å². The van der Waals surface area contributed by atoms with E-state index < -0.39 is 0 Å². The molecule has 2 N–H and O–H groups in total. The third kappa shape index (κ3) is 3.18. The van der Waals surface area contributed by atoms with Gasteiger partial charge in [0.25, 0.3) is 5.69 Å². The lowest BCUT2D eigenvalue weighted by atomic mass is 10.2. The fourth-order valence-electron chi connectivity index (χ4n) is 1.83. The van der Waals surface area contributed by atoms with Crippen molar-refractivity contribution < 1.29 is 10.0 Å². The number of anilines is 1. The molecule has 0 unspecified atom stereocenters. The molecule has 1 heterocycles. The number of nitrogens with one attached hydrogen (secondary N) is 1. The molecule has 0 radical (unpaired) electrons. The van der Waals surface area contributed by atoms with E-state index in [0.29, 0.717) is 18.7 Å². The summed E-state index contributed by atoms with van der Waals surface area (Å²) in [5.74, 6) is 0. The van der Waals surface area contributed by atoms with Crippen LogP contribution in [-0.2, 0) is 0 Å². The van der Waals surface area contributed by atoms with Crippen LogP contribution in [0.25, 0.3) is 10.2 Å². The lowest BCUT2D eigenvalue weighted by molar-refractivity contribution is -0.383. The fraction of sp³-hybridized carbons (Fsp3) is 0.417. The molecule has 0 aliphatic heterocycles. The first kappa shape index (κ1) is 13.7. The van der Waals surface area contributed by atoms with Gasteiger partial charge in [-0.3, -0.25) is 10.1 Å². The summed E-state index contributed by atoms with van der Waals surface area (Å²) >= 11 is 1.45. The lowest BCUT2D eigenvalue weighted by Gasteiger charge is -2.06. The highest BCUT2D eigenvalue weighted by atomic mass is 32.1. The molecule has 6 nitrogen and oxygen atoms in total. The van der Waals surface area contributed by atoms with Gasteiger partial charge < -0.3 is 10.4 Å². The molecule has 0 aliphatic carbocycles. The Bertz CT molecular complexity index is 597. The quantitative estimate of drug-likeness (QED) is 0.483. The number of aromatic nitrogens is 1. The average molecular weight is 281 g/mol. The van der Waals surface area contributed by atoms with Crippen molar-refractivity contribution in [3.63, 3.8) is 0 Å². The highest BCUT2D eigenvalue weighted by Gasteiger charge is 2.16. The lowest BCUT2D eigenvalue weighted by Crippen LogP contribution is -2.05. The molecule has 0 saturated heterocycles. The first-order chi connectivity index (χ1) is 9.11. The third-order valence-electron chi connectivity index (χ3n) is 2.71. The molecule has 2 rings (SSSR count). The van der Waals surface area contributed by atoms with E-state index >= 15 is 0 Å². The summed E-state index contributed by atoms with van der Waals surface area (Å²) in [5, 5.41) is 23.7. The van der Waals surface area contributed by atoms with Crippen molar-refractivity contribution in [2.45, 2.75) is 19.8 Å². The van der Waals surface area contributed by atoms with Gasteiger partial charge in [0.1, 0.15) is 5.69 Å². The Morgan fingerprint density at radius 3 is 2.95 bits per heavy atom. The number of benzene rings is 1. The van der Waals surface area contributed by atoms with E-state index in [1.165, 1.54) is 11.3 Å². The molecule has 0 atom stereocenters. The number of aliphatic hydroxyl groups excluding tert-OH is 1. The summed E-state index contributed by atoms with van der Waals surface area (Å²) in [5.41, 5.74) is 1.33. The van der Waals surface area contributed by atoms with E-state index in [1.54, 1.807) is 12.1 Å². The van der Waals surface area contributed by atoms with E-state index in [2.05, 4.69) is 10.3 Å². The number of fused-ring (bicyclic) bond motifs is 1. The zero-order valence-electron chi connectivity index (χ0n) is 10.5. The number of hydrogen-bond donors (Lipinski definition) is 2. The molecule has 0 amide bonds. The Labute approximate surface area is 114 Å². The van der Waals surface area contributed by atoms with Gasteiger partial charge in [-0.1, -0.05) is 0 Å². The highest BCUT2D eigenvalue weighted by Crippen LogP contribution is 2.32. The number of thiazole rings is 1. The number of aryl methyl sites for hydroxylation is 1. The summed E-state index contributed by atoms with van der Waals surface area (Å²) in [6.45, 7) is 2.61. The predicted octanol–water partition coefficient (Wildman–Crippen LogP) is 2.70. The summed E-state index contributed by atoms with van der Waals surface area (Å²) < 4.78 is 0.824. The molecule has 0 spiro atoms. The van der Waals surface area contributed by atoms with E-state index in [0.717, 1.165) is 21.6 Å². The monoisotopic (exact) mass is 281 g/mol. The van der Waals surface area contributed by atoms with Gasteiger partial charge in [-0.2, -0.15) is 0 Å². The van der Waals surface area contributed by atoms with Crippen LogP contribution in [0.5, 0.6) is 0 Å². The standard InChI is InChI=1S/C12H15N3O3S/c1-8-14-10-6-9(13-4-2-3-5-16)11(15(17)18)7-12(10)19-8/h6-7,13,16H,2-5H2,1H3. The molecule has 1 aromatic carbocycles. The Kier molecular flexibility index (Phi) is 4.28. The van der Waals surface area contributed by atoms with Crippen LogP contribution in [0.1, 0.15) is 17.8 Å². The van der Waals surface area contributed by atoms with Crippen molar-refractivity contribution >= 4 is 32.9 Å². The molecular weight excluding hydrogens is 266 g/mol. The maximum atomic E-state index is 11.1. The van der Waals surface area contributed by atoms with Gasteiger partial charge >= 0.3 is 0 Å². The molecule has 7 heteroatoms. The second-order valence-corrected chi connectivity index (χ2v) is 5.42. The molecule has 19 heavy (non-hydrogen) atoms. The molecule has 0 fully saturated rings. The van der Waals surface area contributed by atoms with Gasteiger partial charge in [0.15, 0.2) is 0 Å². The number of hydrogen-bond acceptors (Lipinski definition) is 6. The second kappa shape index (κ2) is 5.94. The van der Waals surface area contributed by atoms with Gasteiger partial charge in [-0.25, -0.2) is 4.98 Å². The molecule has 0 saturated carbocycles. The van der Waals surface area contributed by atoms with Gasteiger partial charge in [-0.15, -0.1) is 11.3 Å². The van der Waals surface area contributed by atoms with E-state index in [1.807, 2.05) is 6.92 Å². The van der Waals surface area contributed by atoms with Gasteiger partial charge in [0.2, 0.25) is 0 Å². The van der Waals surface area contributed by atoms with Gasteiger partial charge in [0, 0.05) is 19.2 Å². The maximum Gasteiger partial charge on any atom is 0.293 e. The van der Waals surface area contributed by atoms with Crippen LogP contribution in [-0.4, -0.2) is 28.2 Å². The number of rotatable bonds is 6. The SMILES string of the molecule is Cc1nc2cc(NCCCCO)c([N+](=O)[O-])cc2s1. The van der Waals surface area contributed by atoms with Crippen molar-refractivity contribution in [1.82, 2.24) is 4.98 Å². The molecule has 102 valence electrons. The smallest absolute Gasteiger partial charge is 0.293 e. The normalized spacial score (nSPS) is 10.8. The van der Waals surface area contributed by atoms with Crippen LogP contribution >= 0.6 is 11.3 Å². The summed E-state index contributed by atoms with van der Waals surface area (Å²) in [7, 11) is 0. The predicted molar refractivity (Wildman–Crippen MR) is 75.8 cm³/mol. The van der Waals surface area contributed by atoms with Gasteiger partial charge in [-0.05, 0) is 25.8 Å². The zero-order valence-corrected chi connectivity index (χ0v) is 11.4. The largest absolute Gasteiger partial charge is 0.396 e. The Balaban J connectivity index is 2.28. The number of nitro benzene ring substituents is 1. The molecular formula is C12H15N3O3S. The third-order valence-corrected chi connectivity index (χ3v) is 3.64. The van der Waals surface area contributed by atoms with E-state index in [-0.39, 0.29) is 17.2 Å². The van der Waals surface area contributed by atoms with Crippen molar-refractivity contribution in [1.29, 1.82) is 0 Å². The van der Waals surface area contributed by atoms with Crippen LogP contribution < -0.4 is 5.32 Å². The summed E-state index contributed by atoms with van der Waals surface area (Å²) in [4.78, 5) is 15.0. The van der Waals surface area contributed by atoms with Crippen LogP contribution in [0.4, 0.5) is 11.4 Å². The number of nitrogens with zero attached hydrogens (tertiary/aromatic N) is 2. The van der Waals surface area contributed by atoms with Crippen LogP contribution in [0.15, 0.2) is 12.1 Å². The molecule has 1 aromatic heterocycles. The topological polar surface area (TPSA) is 88.3 Å². The molecule has 0 aliphatic rings. The minimum absolute atomic E-state index is 0.0696. The summed E-state index contributed by atoms with van der Waals surface area (Å²) in [6, 6.07) is 3.28. The number of nitro groups is 1. The van der Waals surface area contributed by atoms with Crippen LogP contribution in [0.2, 0.25) is 0 Å². The van der Waals surface area contributed by atoms with Crippen LogP contribution in [0.3, 0.4) is 0 Å². The summed E-state index contributed by atoms with van der Waals surface area (Å²) in [6.07, 6.45) is 1.45. The van der Waals surface area contributed by atoms with E-state index in [9.17, 15) is 10.1 Å². The maximum absolute atomic E-state index is 11.1. The highest BCUT2D eigenvalue weighted by molar-refractivity contribution is 7.18. The Morgan fingerprint density at radius 2 is 2.26 bits per heavy atom. The number of unbranched alkanes of at least 4 members (excludes halogenated alkanes) is 1. The minimum atomic E-state index is -0.386. The number of aliphatic hydroxyl groups is 1. The van der Waals surface area contributed by atoms with Crippen molar-refractivity contribution in [3.05, 3.63) is 27.3 Å². The zero-order chi connectivity index (χ0) is 13.8. The van der Waals surface area contributed by atoms with E-state index in [4.69, 9.17) is 5.11 Å². The minimum Gasteiger partial charge on any atom is -0.396 e. The first-order valence-electron chi connectivity index (χ1n) is 6.02. The molecule has 0 bridgehead atoms. The Hall–Kier alpha value is -1.73. The fourth-order valence-corrected chi connectivity index (χ4v) is 2.67. The van der Waals surface area contributed by atoms with Crippen molar-refractivity contribution in [2.75, 3.05) is 18.5 Å². The molecule has 2 aromatic rings. The first-order valence-corrected chi connectivity index (χ1v) is 6.84. The second-order valence-electron chi connectivity index (χ2n) is 4.18. The van der Waals surface area contributed by atoms with Crippen LogP contribution in [0, 0.1) is 17.0 Å². The average Bonchev–Trinajstić information content (AvgIpc) is 2.72. The Morgan fingerprint density at radius 1 is 1.47 bits per heavy atom. The van der Waals surface area contributed by atoms with Crippen molar-refractivity contribution in [3.8, 4) is 0 Å². The van der Waals surface area contributed by atoms with Gasteiger partial charge in [0.05, 0.1) is 20.1 Å².